The summed E-state index contributed by atoms with van der Waals surface area (Å²) in [6, 6.07) is 26.8. The van der Waals surface area contributed by atoms with Crippen molar-refractivity contribution in [2.24, 2.45) is 0 Å². The van der Waals surface area contributed by atoms with Crippen LogP contribution in [0.1, 0.15) is 41.3 Å². The Morgan fingerprint density at radius 3 is 1.93 bits per heavy atom. The van der Waals surface area contributed by atoms with Gasteiger partial charge >= 0.3 is 0 Å². The van der Waals surface area contributed by atoms with E-state index in [1.165, 1.54) is 44.7 Å². The zero-order chi connectivity index (χ0) is 33.1. The maximum absolute atomic E-state index is 13.5. The van der Waals surface area contributed by atoms with Gasteiger partial charge in [-0.25, -0.2) is 0 Å². The maximum atomic E-state index is 13.5. The van der Waals surface area contributed by atoms with Crippen LogP contribution in [0.25, 0.3) is 6.08 Å². The number of ether oxygens (including phenoxy) is 3. The molecule has 0 fully saturated rings. The molecule has 46 heavy (non-hydrogen) atoms. The van der Waals surface area contributed by atoms with Crippen molar-refractivity contribution in [3.8, 4) is 17.2 Å². The third-order valence-electron chi connectivity index (χ3n) is 6.91. The van der Waals surface area contributed by atoms with E-state index in [9.17, 15) is 14.4 Å². The summed E-state index contributed by atoms with van der Waals surface area (Å²) in [6.07, 6.45) is 1.51. The third-order valence-corrected chi connectivity index (χ3v) is 7.92. The lowest BCUT2D eigenvalue weighted by Gasteiger charge is -2.15. The topological polar surface area (TPSA) is 115 Å². The molecule has 238 valence electrons. The first-order chi connectivity index (χ1) is 22.2. The lowest BCUT2D eigenvalue weighted by Crippen LogP contribution is -2.30. The quantitative estimate of drug-likeness (QED) is 0.107. The van der Waals surface area contributed by atoms with E-state index >= 15 is 0 Å². The fourth-order valence-electron chi connectivity index (χ4n) is 4.39. The highest BCUT2D eigenvalue weighted by Crippen LogP contribution is 2.35. The summed E-state index contributed by atoms with van der Waals surface area (Å²) < 4.78 is 16.3. The number of carbonyl (C=O) groups excluding carboxylic acids is 3. The van der Waals surface area contributed by atoms with Gasteiger partial charge in [-0.05, 0) is 72.2 Å². The van der Waals surface area contributed by atoms with Gasteiger partial charge in [-0.2, -0.15) is 0 Å². The summed E-state index contributed by atoms with van der Waals surface area (Å²) in [5, 5.41) is 8.48. The molecule has 0 unspecified atom stereocenters. The molecule has 3 N–H and O–H groups in total. The summed E-state index contributed by atoms with van der Waals surface area (Å²) in [5.74, 6) is 0.810. The third kappa shape index (κ3) is 9.15. The van der Waals surface area contributed by atoms with Crippen LogP contribution in [0.2, 0.25) is 0 Å². The van der Waals surface area contributed by atoms with Crippen LogP contribution in [-0.4, -0.2) is 44.8 Å². The van der Waals surface area contributed by atoms with Gasteiger partial charge in [-0.3, -0.25) is 14.4 Å². The van der Waals surface area contributed by atoms with Crippen molar-refractivity contribution in [3.63, 3.8) is 0 Å². The Morgan fingerprint density at radius 1 is 0.739 bits per heavy atom. The Balaban J connectivity index is 1.47. The van der Waals surface area contributed by atoms with Crippen molar-refractivity contribution >= 4 is 46.9 Å². The summed E-state index contributed by atoms with van der Waals surface area (Å²) in [4.78, 5) is 40.0. The molecule has 0 saturated heterocycles. The summed E-state index contributed by atoms with van der Waals surface area (Å²) in [5.41, 5.74) is 3.32. The summed E-state index contributed by atoms with van der Waals surface area (Å²) >= 11 is 1.38. The summed E-state index contributed by atoms with van der Waals surface area (Å²) in [7, 11) is 4.51. The molecule has 9 nitrogen and oxygen atoms in total. The van der Waals surface area contributed by atoms with E-state index in [0.717, 1.165) is 10.6 Å². The molecule has 0 aliphatic rings. The van der Waals surface area contributed by atoms with E-state index in [2.05, 4.69) is 29.8 Å². The van der Waals surface area contributed by atoms with Crippen LogP contribution in [0.5, 0.6) is 17.2 Å². The maximum Gasteiger partial charge on any atom is 0.272 e. The number of rotatable bonds is 13. The number of methoxy groups -OCH3 is 3. The van der Waals surface area contributed by atoms with Crippen molar-refractivity contribution in [2.45, 2.75) is 24.7 Å². The van der Waals surface area contributed by atoms with Crippen LogP contribution in [0, 0.1) is 0 Å². The number of hydrogen-bond donors (Lipinski definition) is 3. The van der Waals surface area contributed by atoms with Crippen LogP contribution < -0.4 is 30.2 Å². The Hall–Kier alpha value is -5.22. The molecular formula is C36H37N3O6S. The monoisotopic (exact) mass is 639 g/mol. The molecule has 3 amide bonds. The molecule has 0 aromatic heterocycles. The lowest BCUT2D eigenvalue weighted by molar-refractivity contribution is -0.114. The molecule has 0 radical (unpaired) electrons. The lowest BCUT2D eigenvalue weighted by atomic mass is 10.0. The minimum absolute atomic E-state index is 0.0177. The number of thioether (sulfide) groups is 1. The van der Waals surface area contributed by atoms with Crippen molar-refractivity contribution in [3.05, 3.63) is 113 Å². The van der Waals surface area contributed by atoms with Crippen molar-refractivity contribution in [1.29, 1.82) is 0 Å². The fourth-order valence-corrected chi connectivity index (χ4v) is 5.09. The molecule has 10 heteroatoms. The predicted octanol–water partition coefficient (Wildman–Crippen LogP) is 6.98. The molecule has 0 aliphatic heterocycles. The van der Waals surface area contributed by atoms with Gasteiger partial charge in [-0.1, -0.05) is 44.2 Å². The second kappa shape index (κ2) is 16.2. The smallest absolute Gasteiger partial charge is 0.272 e. The van der Waals surface area contributed by atoms with E-state index in [1.54, 1.807) is 54.6 Å². The van der Waals surface area contributed by atoms with Crippen LogP contribution in [0.15, 0.2) is 102 Å². The summed E-state index contributed by atoms with van der Waals surface area (Å²) in [6.45, 7) is 4.25. The molecular weight excluding hydrogens is 602 g/mol. The molecule has 4 rings (SSSR count). The van der Waals surface area contributed by atoms with E-state index in [0.29, 0.717) is 40.0 Å². The van der Waals surface area contributed by atoms with Gasteiger partial charge < -0.3 is 30.2 Å². The number of anilines is 2. The average Bonchev–Trinajstić information content (AvgIpc) is 3.07. The van der Waals surface area contributed by atoms with Gasteiger partial charge in [0.05, 0.1) is 27.1 Å². The highest BCUT2D eigenvalue weighted by molar-refractivity contribution is 8.00. The second-order valence-electron chi connectivity index (χ2n) is 10.4. The number of carbonyl (C=O) groups is 3. The number of nitrogens with one attached hydrogen (secondary N) is 3. The van der Waals surface area contributed by atoms with Gasteiger partial charge in [0.25, 0.3) is 11.8 Å². The van der Waals surface area contributed by atoms with Crippen molar-refractivity contribution in [2.75, 3.05) is 37.7 Å². The highest BCUT2D eigenvalue weighted by Gasteiger charge is 2.18. The zero-order valence-corrected chi connectivity index (χ0v) is 27.2. The average molecular weight is 640 g/mol. The first-order valence-corrected chi connectivity index (χ1v) is 15.5. The van der Waals surface area contributed by atoms with Gasteiger partial charge in [0.15, 0.2) is 11.5 Å². The number of hydrogen-bond acceptors (Lipinski definition) is 7. The van der Waals surface area contributed by atoms with Crippen molar-refractivity contribution < 1.29 is 28.6 Å². The molecule has 0 bridgehead atoms. The highest BCUT2D eigenvalue weighted by atomic mass is 32.2. The Morgan fingerprint density at radius 2 is 1.33 bits per heavy atom. The van der Waals surface area contributed by atoms with E-state index in [-0.39, 0.29) is 17.4 Å². The van der Waals surface area contributed by atoms with Crippen LogP contribution in [0.4, 0.5) is 11.4 Å². The van der Waals surface area contributed by atoms with Crippen molar-refractivity contribution in [1.82, 2.24) is 5.32 Å². The Bertz CT molecular complexity index is 1690. The molecule has 0 heterocycles. The minimum atomic E-state index is -0.551. The Labute approximate surface area is 273 Å². The molecule has 4 aromatic rings. The second-order valence-corrected chi connectivity index (χ2v) is 11.5. The van der Waals surface area contributed by atoms with Gasteiger partial charge in [0.2, 0.25) is 5.91 Å². The first-order valence-electron chi connectivity index (χ1n) is 14.5. The van der Waals surface area contributed by atoms with E-state index in [4.69, 9.17) is 14.2 Å². The van der Waals surface area contributed by atoms with Crippen LogP contribution >= 0.6 is 11.8 Å². The fraction of sp³-hybridized carbons (Fsp3) is 0.194. The molecule has 0 saturated carbocycles. The van der Waals surface area contributed by atoms with Crippen LogP contribution in [-0.2, 0) is 9.59 Å². The Kier molecular flexibility index (Phi) is 11.9. The van der Waals surface area contributed by atoms with E-state index in [1.807, 2.05) is 36.4 Å². The SMILES string of the molecule is COc1cc(OC)c(OC)cc1/C=C(\NC(=O)c1ccccc1)C(=O)Nc1ccc(SCC(=O)Nc2ccc(C(C)C)cc2)cc1. The molecule has 4 aromatic carbocycles. The zero-order valence-electron chi connectivity index (χ0n) is 26.4. The minimum Gasteiger partial charge on any atom is -0.496 e. The molecule has 0 atom stereocenters. The molecule has 0 spiro atoms. The molecule has 0 aliphatic carbocycles. The van der Waals surface area contributed by atoms with Gasteiger partial charge in [0.1, 0.15) is 11.4 Å². The predicted molar refractivity (Wildman–Crippen MR) is 183 cm³/mol. The number of benzene rings is 4. The van der Waals surface area contributed by atoms with Crippen LogP contribution in [0.3, 0.4) is 0 Å². The first kappa shape index (κ1) is 33.7. The van der Waals surface area contributed by atoms with E-state index < -0.39 is 11.8 Å². The standard InChI is InChI=1S/C36H37N3O6S/c1-23(2)24-11-13-27(14-12-24)37-34(40)22-46-29-17-15-28(16-18-29)38-36(42)30(39-35(41)25-9-7-6-8-10-25)19-26-20-32(44-4)33(45-5)21-31(26)43-3/h6-21,23H,22H2,1-5H3,(H,37,40)(H,38,42)(H,39,41)/b30-19-. The number of amides is 3. The largest absolute Gasteiger partial charge is 0.496 e. The normalized spacial score (nSPS) is 11.0. The van der Waals surface area contributed by atoms with Gasteiger partial charge in [0, 0.05) is 33.5 Å². The van der Waals surface area contributed by atoms with Gasteiger partial charge in [-0.15, -0.1) is 11.8 Å².